The van der Waals surface area contributed by atoms with Crippen molar-refractivity contribution in [2.45, 2.75) is 43.2 Å². The highest BCUT2D eigenvalue weighted by Gasteiger charge is 2.34. The lowest BCUT2D eigenvalue weighted by molar-refractivity contribution is 0.213. The molecule has 2 unspecified atom stereocenters. The standard InChI is InChI=1S/C15H24N2O3S/c1-3-15(16-2)12-6-4-8-14(10-12)21(19,20)17-9-5-7-13(17)11-18/h4,6,8,10,13,15-16,18H,3,5,7,9,11H2,1-2H3. The molecule has 5 nitrogen and oxygen atoms in total. The molecule has 1 fully saturated rings. The van der Waals surface area contributed by atoms with E-state index in [1.807, 2.05) is 13.1 Å². The summed E-state index contributed by atoms with van der Waals surface area (Å²) in [6, 6.07) is 6.96. The topological polar surface area (TPSA) is 69.6 Å². The first kappa shape index (κ1) is 16.4. The Labute approximate surface area is 127 Å². The molecule has 1 aromatic carbocycles. The molecule has 2 rings (SSSR count). The van der Waals surface area contributed by atoms with Crippen LogP contribution < -0.4 is 5.32 Å². The highest BCUT2D eigenvalue weighted by molar-refractivity contribution is 7.89. The third kappa shape index (κ3) is 3.29. The van der Waals surface area contributed by atoms with Crippen LogP contribution in [0.5, 0.6) is 0 Å². The van der Waals surface area contributed by atoms with Gasteiger partial charge in [-0.25, -0.2) is 8.42 Å². The first-order valence-corrected chi connectivity index (χ1v) is 8.88. The number of aliphatic hydroxyl groups excluding tert-OH is 1. The monoisotopic (exact) mass is 312 g/mol. The lowest BCUT2D eigenvalue weighted by Gasteiger charge is -2.23. The van der Waals surface area contributed by atoms with Gasteiger partial charge in [0.25, 0.3) is 0 Å². The second kappa shape index (κ2) is 6.87. The van der Waals surface area contributed by atoms with Crippen molar-refractivity contribution < 1.29 is 13.5 Å². The number of rotatable bonds is 6. The van der Waals surface area contributed by atoms with Crippen LogP contribution >= 0.6 is 0 Å². The van der Waals surface area contributed by atoms with Gasteiger partial charge in [-0.05, 0) is 44.0 Å². The number of hydrogen-bond donors (Lipinski definition) is 2. The number of benzene rings is 1. The Morgan fingerprint density at radius 2 is 2.24 bits per heavy atom. The normalized spacial score (nSPS) is 21.6. The molecule has 6 heteroatoms. The van der Waals surface area contributed by atoms with Crippen LogP contribution in [-0.4, -0.2) is 44.1 Å². The van der Waals surface area contributed by atoms with Crippen LogP contribution in [0.3, 0.4) is 0 Å². The largest absolute Gasteiger partial charge is 0.395 e. The summed E-state index contributed by atoms with van der Waals surface area (Å²) >= 11 is 0. The Hall–Kier alpha value is -0.950. The molecule has 0 spiro atoms. The molecule has 21 heavy (non-hydrogen) atoms. The molecule has 0 amide bonds. The van der Waals surface area contributed by atoms with Gasteiger partial charge in [0.05, 0.1) is 11.5 Å². The molecule has 0 aromatic heterocycles. The Balaban J connectivity index is 2.34. The van der Waals surface area contributed by atoms with E-state index in [1.165, 1.54) is 4.31 Å². The summed E-state index contributed by atoms with van der Waals surface area (Å²) in [6.07, 6.45) is 2.42. The fourth-order valence-electron chi connectivity index (χ4n) is 2.94. The second-order valence-corrected chi connectivity index (χ2v) is 7.31. The smallest absolute Gasteiger partial charge is 0.243 e. The van der Waals surface area contributed by atoms with Crippen LogP contribution in [0, 0.1) is 0 Å². The van der Waals surface area contributed by atoms with E-state index in [4.69, 9.17) is 0 Å². The molecule has 1 aliphatic rings. The van der Waals surface area contributed by atoms with Gasteiger partial charge >= 0.3 is 0 Å². The van der Waals surface area contributed by atoms with Gasteiger partial charge in [-0.15, -0.1) is 0 Å². The minimum Gasteiger partial charge on any atom is -0.395 e. The van der Waals surface area contributed by atoms with Gasteiger partial charge in [0.2, 0.25) is 10.0 Å². The lowest BCUT2D eigenvalue weighted by Crippen LogP contribution is -2.37. The SMILES string of the molecule is CCC(NC)c1cccc(S(=O)(=O)N2CCCC2CO)c1. The highest BCUT2D eigenvalue weighted by Crippen LogP contribution is 2.27. The van der Waals surface area contributed by atoms with E-state index in [0.717, 1.165) is 24.8 Å². The molecule has 2 N–H and O–H groups in total. The van der Waals surface area contributed by atoms with Crippen LogP contribution in [0.2, 0.25) is 0 Å². The van der Waals surface area contributed by atoms with Gasteiger partial charge in [-0.2, -0.15) is 4.31 Å². The number of sulfonamides is 1. The first-order chi connectivity index (χ1) is 10.0. The fraction of sp³-hybridized carbons (Fsp3) is 0.600. The molecule has 0 radical (unpaired) electrons. The average Bonchev–Trinajstić information content (AvgIpc) is 2.98. The van der Waals surface area contributed by atoms with Gasteiger partial charge in [-0.3, -0.25) is 0 Å². The summed E-state index contributed by atoms with van der Waals surface area (Å²) in [7, 11) is -1.65. The molecule has 1 heterocycles. The minimum absolute atomic E-state index is 0.118. The van der Waals surface area contributed by atoms with Crippen molar-refractivity contribution in [2.24, 2.45) is 0 Å². The maximum Gasteiger partial charge on any atom is 0.243 e. The predicted octanol–water partition coefficient (Wildman–Crippen LogP) is 1.50. The van der Waals surface area contributed by atoms with Gasteiger partial charge in [0.15, 0.2) is 0 Å². The number of hydrogen-bond acceptors (Lipinski definition) is 4. The summed E-state index contributed by atoms with van der Waals surface area (Å²) in [5.41, 5.74) is 0.973. The van der Waals surface area contributed by atoms with E-state index in [9.17, 15) is 13.5 Å². The van der Waals surface area contributed by atoms with Gasteiger partial charge in [0, 0.05) is 18.6 Å². The highest BCUT2D eigenvalue weighted by atomic mass is 32.2. The van der Waals surface area contributed by atoms with E-state index >= 15 is 0 Å². The molecule has 1 aliphatic heterocycles. The van der Waals surface area contributed by atoms with E-state index in [-0.39, 0.29) is 18.7 Å². The van der Waals surface area contributed by atoms with Crippen LogP contribution in [0.4, 0.5) is 0 Å². The van der Waals surface area contributed by atoms with E-state index < -0.39 is 10.0 Å². The Bertz CT molecular complexity index is 570. The molecule has 1 saturated heterocycles. The molecule has 0 saturated carbocycles. The predicted molar refractivity (Wildman–Crippen MR) is 82.5 cm³/mol. The Morgan fingerprint density at radius 1 is 1.48 bits per heavy atom. The summed E-state index contributed by atoms with van der Waals surface area (Å²) in [6.45, 7) is 2.43. The molecular weight excluding hydrogens is 288 g/mol. The van der Waals surface area contributed by atoms with Crippen LogP contribution in [0.1, 0.15) is 37.8 Å². The number of aliphatic hydroxyl groups is 1. The summed E-state index contributed by atoms with van der Waals surface area (Å²) in [5.74, 6) is 0. The Kier molecular flexibility index (Phi) is 5.37. The van der Waals surface area contributed by atoms with Crippen molar-refractivity contribution in [3.8, 4) is 0 Å². The average molecular weight is 312 g/mol. The lowest BCUT2D eigenvalue weighted by atomic mass is 10.1. The van der Waals surface area contributed by atoms with Gasteiger partial charge in [-0.1, -0.05) is 19.1 Å². The van der Waals surface area contributed by atoms with Crippen molar-refractivity contribution in [3.05, 3.63) is 29.8 Å². The first-order valence-electron chi connectivity index (χ1n) is 7.44. The van der Waals surface area contributed by atoms with Gasteiger partial charge < -0.3 is 10.4 Å². The number of nitrogens with one attached hydrogen (secondary N) is 1. The zero-order valence-corrected chi connectivity index (χ0v) is 13.4. The van der Waals surface area contributed by atoms with Crippen molar-refractivity contribution in [1.29, 1.82) is 0 Å². The van der Waals surface area contributed by atoms with Crippen LogP contribution in [0.15, 0.2) is 29.2 Å². The number of nitrogens with zero attached hydrogens (tertiary/aromatic N) is 1. The summed E-state index contributed by atoms with van der Waals surface area (Å²) in [5, 5.41) is 12.5. The summed E-state index contributed by atoms with van der Waals surface area (Å²) in [4.78, 5) is 0.314. The Morgan fingerprint density at radius 3 is 2.86 bits per heavy atom. The second-order valence-electron chi connectivity index (χ2n) is 5.42. The zero-order valence-electron chi connectivity index (χ0n) is 12.6. The summed E-state index contributed by atoms with van der Waals surface area (Å²) < 4.78 is 26.9. The third-order valence-corrected chi connectivity index (χ3v) is 6.11. The van der Waals surface area contributed by atoms with Crippen molar-refractivity contribution in [3.63, 3.8) is 0 Å². The van der Waals surface area contributed by atoms with E-state index in [1.54, 1.807) is 18.2 Å². The molecular formula is C15H24N2O3S. The van der Waals surface area contributed by atoms with E-state index in [0.29, 0.717) is 11.4 Å². The molecule has 0 bridgehead atoms. The molecule has 2 atom stereocenters. The van der Waals surface area contributed by atoms with Crippen molar-refractivity contribution in [2.75, 3.05) is 20.2 Å². The van der Waals surface area contributed by atoms with Crippen LogP contribution in [0.25, 0.3) is 0 Å². The quantitative estimate of drug-likeness (QED) is 0.835. The van der Waals surface area contributed by atoms with Crippen molar-refractivity contribution in [1.82, 2.24) is 9.62 Å². The zero-order chi connectivity index (χ0) is 15.5. The molecule has 118 valence electrons. The van der Waals surface area contributed by atoms with E-state index in [2.05, 4.69) is 12.2 Å². The molecule has 1 aromatic rings. The van der Waals surface area contributed by atoms with Crippen LogP contribution in [-0.2, 0) is 10.0 Å². The fourth-order valence-corrected chi connectivity index (χ4v) is 4.68. The maximum atomic E-state index is 12.7. The molecule has 0 aliphatic carbocycles. The van der Waals surface area contributed by atoms with Crippen molar-refractivity contribution >= 4 is 10.0 Å². The maximum absolute atomic E-state index is 12.7. The minimum atomic E-state index is -3.53. The van der Waals surface area contributed by atoms with Gasteiger partial charge in [0.1, 0.15) is 0 Å². The third-order valence-electron chi connectivity index (χ3n) is 4.16.